The van der Waals surface area contributed by atoms with Gasteiger partial charge in [-0.3, -0.25) is 4.90 Å². The molecule has 1 saturated heterocycles. The molecule has 102 valence electrons. The lowest BCUT2D eigenvalue weighted by Gasteiger charge is -2.48. The van der Waals surface area contributed by atoms with Crippen molar-refractivity contribution in [2.75, 3.05) is 26.7 Å². The molecule has 3 heteroatoms. The van der Waals surface area contributed by atoms with Gasteiger partial charge in [0.2, 0.25) is 0 Å². The van der Waals surface area contributed by atoms with Crippen LogP contribution >= 0.6 is 0 Å². The van der Waals surface area contributed by atoms with Crippen molar-refractivity contribution >= 4 is 0 Å². The second-order valence-corrected chi connectivity index (χ2v) is 5.41. The fourth-order valence-corrected chi connectivity index (χ4v) is 2.78. The molecule has 1 rings (SSSR count). The predicted molar refractivity (Wildman–Crippen MR) is 73.4 cm³/mol. The van der Waals surface area contributed by atoms with Gasteiger partial charge in [-0.15, -0.1) is 0 Å². The normalized spacial score (nSPS) is 27.0. The zero-order valence-electron chi connectivity index (χ0n) is 12.3. The zero-order valence-corrected chi connectivity index (χ0v) is 12.3. The van der Waals surface area contributed by atoms with Gasteiger partial charge in [-0.1, -0.05) is 20.8 Å². The minimum absolute atomic E-state index is 0.319. The number of hydrogen-bond donors (Lipinski definition) is 1. The Bertz CT molecular complexity index is 216. The minimum atomic E-state index is 0.319. The highest BCUT2D eigenvalue weighted by molar-refractivity contribution is 4.96. The minimum Gasteiger partial charge on any atom is -0.380 e. The average Bonchev–Trinajstić information content (AvgIpc) is 2.38. The molecule has 2 atom stereocenters. The van der Waals surface area contributed by atoms with Crippen LogP contribution in [0.3, 0.4) is 0 Å². The maximum absolute atomic E-state index is 5.42. The smallest absolute Gasteiger partial charge is 0.0670 e. The van der Waals surface area contributed by atoms with Crippen LogP contribution in [0.25, 0.3) is 0 Å². The van der Waals surface area contributed by atoms with Gasteiger partial charge in [0.1, 0.15) is 0 Å². The Hall–Kier alpha value is -0.120. The van der Waals surface area contributed by atoms with Gasteiger partial charge < -0.3 is 10.1 Å². The molecule has 1 fully saturated rings. The zero-order chi connectivity index (χ0) is 12.9. The molecule has 0 spiro atoms. The van der Waals surface area contributed by atoms with Gasteiger partial charge in [0.15, 0.2) is 0 Å². The summed E-state index contributed by atoms with van der Waals surface area (Å²) in [6, 6.07) is 0.666. The van der Waals surface area contributed by atoms with Gasteiger partial charge in [0, 0.05) is 38.3 Å². The highest BCUT2D eigenvalue weighted by Crippen LogP contribution is 2.24. The quantitative estimate of drug-likeness (QED) is 0.773. The average molecular weight is 242 g/mol. The third-order valence-corrected chi connectivity index (χ3v) is 4.45. The van der Waals surface area contributed by atoms with Crippen molar-refractivity contribution in [2.45, 2.75) is 64.6 Å². The Labute approximate surface area is 107 Å². The van der Waals surface area contributed by atoms with Crippen LogP contribution in [-0.4, -0.2) is 49.3 Å². The maximum atomic E-state index is 5.42. The largest absolute Gasteiger partial charge is 0.380 e. The molecule has 0 radical (unpaired) electrons. The van der Waals surface area contributed by atoms with Crippen LogP contribution in [-0.2, 0) is 4.74 Å². The molecule has 0 bridgehead atoms. The van der Waals surface area contributed by atoms with Crippen LogP contribution in [0.5, 0.6) is 0 Å². The summed E-state index contributed by atoms with van der Waals surface area (Å²) in [7, 11) is 1.81. The van der Waals surface area contributed by atoms with Crippen LogP contribution in [0.4, 0.5) is 0 Å². The monoisotopic (exact) mass is 242 g/mol. The van der Waals surface area contributed by atoms with Gasteiger partial charge in [-0.2, -0.15) is 0 Å². The van der Waals surface area contributed by atoms with Crippen molar-refractivity contribution in [3.05, 3.63) is 0 Å². The van der Waals surface area contributed by atoms with Gasteiger partial charge in [-0.25, -0.2) is 0 Å². The summed E-state index contributed by atoms with van der Waals surface area (Å²) in [4.78, 5) is 2.62. The van der Waals surface area contributed by atoms with Crippen molar-refractivity contribution in [3.63, 3.8) is 0 Å². The number of ether oxygens (including phenoxy) is 1. The van der Waals surface area contributed by atoms with Crippen molar-refractivity contribution in [3.8, 4) is 0 Å². The summed E-state index contributed by atoms with van der Waals surface area (Å²) in [6.07, 6.45) is 3.95. The van der Waals surface area contributed by atoms with E-state index in [-0.39, 0.29) is 0 Å². The number of piperazine rings is 1. The van der Waals surface area contributed by atoms with Crippen LogP contribution in [0.2, 0.25) is 0 Å². The maximum Gasteiger partial charge on any atom is 0.0670 e. The lowest BCUT2D eigenvalue weighted by molar-refractivity contribution is 0.0169. The molecule has 0 aromatic carbocycles. The molecule has 0 aromatic heterocycles. The summed E-state index contributed by atoms with van der Waals surface area (Å²) < 4.78 is 5.42. The Balaban J connectivity index is 2.67. The molecular weight excluding hydrogens is 212 g/mol. The standard InChI is InChI=1S/C14H30N2O/c1-6-13-9-15-14(7-2,8-3)11-16(13)10-12(4)17-5/h12-13,15H,6-11H2,1-5H3. The first-order valence-electron chi connectivity index (χ1n) is 7.12. The van der Waals surface area contributed by atoms with Crippen LogP contribution in [0.15, 0.2) is 0 Å². The van der Waals surface area contributed by atoms with Gasteiger partial charge in [-0.05, 0) is 26.2 Å². The van der Waals surface area contributed by atoms with E-state index >= 15 is 0 Å². The van der Waals surface area contributed by atoms with Crippen molar-refractivity contribution in [1.29, 1.82) is 0 Å². The molecule has 1 heterocycles. The predicted octanol–water partition coefficient (Wildman–Crippen LogP) is 2.26. The van der Waals surface area contributed by atoms with Crippen molar-refractivity contribution in [1.82, 2.24) is 10.2 Å². The SMILES string of the molecule is CCC1CNC(CC)(CC)CN1CC(C)OC. The second-order valence-electron chi connectivity index (χ2n) is 5.41. The van der Waals surface area contributed by atoms with Crippen LogP contribution in [0.1, 0.15) is 47.0 Å². The summed E-state index contributed by atoms with van der Waals surface area (Å²) in [6.45, 7) is 12.4. The molecule has 1 N–H and O–H groups in total. The number of hydrogen-bond acceptors (Lipinski definition) is 3. The Morgan fingerprint density at radius 2 is 2.00 bits per heavy atom. The first-order valence-corrected chi connectivity index (χ1v) is 7.12. The topological polar surface area (TPSA) is 24.5 Å². The molecular formula is C14H30N2O. The fourth-order valence-electron chi connectivity index (χ4n) is 2.78. The van der Waals surface area contributed by atoms with Gasteiger partial charge in [0.25, 0.3) is 0 Å². The van der Waals surface area contributed by atoms with E-state index in [1.54, 1.807) is 7.11 Å². The van der Waals surface area contributed by atoms with E-state index < -0.39 is 0 Å². The molecule has 0 saturated carbocycles. The Morgan fingerprint density at radius 3 is 2.47 bits per heavy atom. The van der Waals surface area contributed by atoms with E-state index in [2.05, 4.69) is 37.9 Å². The number of methoxy groups -OCH3 is 1. The summed E-state index contributed by atoms with van der Waals surface area (Å²) in [5.74, 6) is 0. The number of nitrogens with zero attached hydrogens (tertiary/aromatic N) is 1. The molecule has 17 heavy (non-hydrogen) atoms. The molecule has 0 aromatic rings. The molecule has 1 aliphatic heterocycles. The van der Waals surface area contributed by atoms with E-state index in [0.29, 0.717) is 17.7 Å². The summed E-state index contributed by atoms with van der Waals surface area (Å²) in [5.41, 5.74) is 0.319. The first kappa shape index (κ1) is 14.9. The van der Waals surface area contributed by atoms with E-state index in [0.717, 1.165) is 19.6 Å². The summed E-state index contributed by atoms with van der Waals surface area (Å²) in [5, 5.41) is 3.77. The van der Waals surface area contributed by atoms with E-state index in [9.17, 15) is 0 Å². The van der Waals surface area contributed by atoms with Crippen LogP contribution < -0.4 is 5.32 Å². The molecule has 3 nitrogen and oxygen atoms in total. The fraction of sp³-hybridized carbons (Fsp3) is 1.00. The Kier molecular flexibility index (Phi) is 5.90. The highest BCUT2D eigenvalue weighted by Gasteiger charge is 2.36. The molecule has 2 unspecified atom stereocenters. The highest BCUT2D eigenvalue weighted by atomic mass is 16.5. The lowest BCUT2D eigenvalue weighted by Crippen LogP contribution is -2.64. The number of rotatable bonds is 6. The van der Waals surface area contributed by atoms with E-state index in [1.165, 1.54) is 19.3 Å². The first-order chi connectivity index (χ1) is 8.10. The molecule has 0 aliphatic carbocycles. The van der Waals surface area contributed by atoms with Crippen molar-refractivity contribution < 1.29 is 4.74 Å². The van der Waals surface area contributed by atoms with Gasteiger partial charge in [0.05, 0.1) is 6.10 Å². The van der Waals surface area contributed by atoms with Gasteiger partial charge >= 0.3 is 0 Å². The Morgan fingerprint density at radius 1 is 1.35 bits per heavy atom. The molecule has 1 aliphatic rings. The lowest BCUT2D eigenvalue weighted by atomic mass is 9.88. The third-order valence-electron chi connectivity index (χ3n) is 4.45. The second kappa shape index (κ2) is 6.72. The van der Waals surface area contributed by atoms with Crippen molar-refractivity contribution in [2.24, 2.45) is 0 Å². The summed E-state index contributed by atoms with van der Waals surface area (Å²) >= 11 is 0. The van der Waals surface area contributed by atoms with Crippen LogP contribution in [0, 0.1) is 0 Å². The third kappa shape index (κ3) is 3.67. The number of nitrogens with one attached hydrogen (secondary N) is 1. The molecule has 0 amide bonds. The van der Waals surface area contributed by atoms with E-state index in [1.807, 2.05) is 0 Å². The van der Waals surface area contributed by atoms with E-state index in [4.69, 9.17) is 4.74 Å².